The molecule has 2 aromatic carbocycles. The zero-order valence-corrected chi connectivity index (χ0v) is 20.8. The number of fused-ring (bicyclic) bond motifs is 1. The third-order valence-corrected chi connectivity index (χ3v) is 6.66. The molecule has 2 N–H and O–H groups in total. The second-order valence-corrected chi connectivity index (χ2v) is 9.33. The molecule has 1 fully saturated rings. The van der Waals surface area contributed by atoms with Crippen molar-refractivity contribution in [2.45, 2.75) is 52.1 Å². The SMILES string of the molecule is C.COc1cc(CNCCC2CCC(Nc3nc(N(C)C)c4ccccc4n3)CC2)cc(OC)c1. The van der Waals surface area contributed by atoms with Crippen LogP contribution in [0.15, 0.2) is 42.5 Å². The number of hydrogen-bond donors (Lipinski definition) is 2. The Morgan fingerprint density at radius 1 is 0.943 bits per heavy atom. The highest BCUT2D eigenvalue weighted by atomic mass is 16.5. The summed E-state index contributed by atoms with van der Waals surface area (Å²) in [4.78, 5) is 11.6. The van der Waals surface area contributed by atoms with E-state index in [0.29, 0.717) is 6.04 Å². The maximum atomic E-state index is 5.37. The van der Waals surface area contributed by atoms with E-state index < -0.39 is 0 Å². The first-order valence-electron chi connectivity index (χ1n) is 12.2. The lowest BCUT2D eigenvalue weighted by Crippen LogP contribution is -2.28. The van der Waals surface area contributed by atoms with Crippen molar-refractivity contribution in [3.63, 3.8) is 0 Å². The van der Waals surface area contributed by atoms with Crippen LogP contribution in [0.4, 0.5) is 11.8 Å². The Morgan fingerprint density at radius 2 is 1.63 bits per heavy atom. The maximum Gasteiger partial charge on any atom is 0.225 e. The van der Waals surface area contributed by atoms with Crippen molar-refractivity contribution in [2.24, 2.45) is 5.92 Å². The Kier molecular flexibility index (Phi) is 9.55. The number of ether oxygens (including phenoxy) is 2. The van der Waals surface area contributed by atoms with Gasteiger partial charge in [0, 0.05) is 38.1 Å². The zero-order chi connectivity index (χ0) is 23.9. The number of nitrogens with one attached hydrogen (secondary N) is 2. The third kappa shape index (κ3) is 6.98. The van der Waals surface area contributed by atoms with Gasteiger partial charge in [0.15, 0.2) is 0 Å². The van der Waals surface area contributed by atoms with Gasteiger partial charge in [0.1, 0.15) is 17.3 Å². The zero-order valence-electron chi connectivity index (χ0n) is 20.8. The van der Waals surface area contributed by atoms with Crippen molar-refractivity contribution in [1.82, 2.24) is 15.3 Å². The number of hydrogen-bond acceptors (Lipinski definition) is 7. The second-order valence-electron chi connectivity index (χ2n) is 9.33. The van der Waals surface area contributed by atoms with Gasteiger partial charge in [0.2, 0.25) is 5.95 Å². The summed E-state index contributed by atoms with van der Waals surface area (Å²) in [5.74, 6) is 4.12. The quantitative estimate of drug-likeness (QED) is 0.372. The van der Waals surface area contributed by atoms with E-state index >= 15 is 0 Å². The monoisotopic (exact) mass is 479 g/mol. The lowest BCUT2D eigenvalue weighted by atomic mass is 9.84. The average molecular weight is 480 g/mol. The van der Waals surface area contributed by atoms with Crippen LogP contribution < -0.4 is 25.0 Å². The predicted octanol–water partition coefficient (Wildman–Crippen LogP) is 5.50. The normalized spacial score (nSPS) is 17.5. The Morgan fingerprint density at radius 3 is 2.29 bits per heavy atom. The molecule has 35 heavy (non-hydrogen) atoms. The molecule has 7 nitrogen and oxygen atoms in total. The number of benzene rings is 2. The number of aromatic nitrogens is 2. The van der Waals surface area contributed by atoms with Crippen LogP contribution in [-0.2, 0) is 6.54 Å². The summed E-state index contributed by atoms with van der Waals surface area (Å²) in [6, 6.07) is 14.7. The molecule has 4 rings (SSSR count). The molecular formula is C28H41N5O2. The van der Waals surface area contributed by atoms with Crippen LogP contribution in [0.2, 0.25) is 0 Å². The van der Waals surface area contributed by atoms with Crippen LogP contribution >= 0.6 is 0 Å². The topological polar surface area (TPSA) is 71.5 Å². The van der Waals surface area contributed by atoms with E-state index in [9.17, 15) is 0 Å². The van der Waals surface area contributed by atoms with Gasteiger partial charge in [0.25, 0.3) is 0 Å². The molecule has 0 saturated heterocycles. The van der Waals surface area contributed by atoms with E-state index in [0.717, 1.165) is 66.0 Å². The minimum atomic E-state index is 0. The summed E-state index contributed by atoms with van der Waals surface area (Å²) in [5.41, 5.74) is 2.16. The molecular weight excluding hydrogens is 438 g/mol. The molecule has 0 aliphatic heterocycles. The summed E-state index contributed by atoms with van der Waals surface area (Å²) in [7, 11) is 7.43. The largest absolute Gasteiger partial charge is 0.497 e. The van der Waals surface area contributed by atoms with E-state index in [4.69, 9.17) is 19.4 Å². The minimum absolute atomic E-state index is 0. The van der Waals surface area contributed by atoms with Gasteiger partial charge in [-0.25, -0.2) is 4.98 Å². The first-order chi connectivity index (χ1) is 16.6. The van der Waals surface area contributed by atoms with Gasteiger partial charge < -0.3 is 25.0 Å². The molecule has 0 atom stereocenters. The molecule has 1 aliphatic carbocycles. The van der Waals surface area contributed by atoms with Gasteiger partial charge in [-0.15, -0.1) is 0 Å². The highest BCUT2D eigenvalue weighted by Gasteiger charge is 2.22. The fraction of sp³-hybridized carbons (Fsp3) is 0.500. The van der Waals surface area contributed by atoms with Gasteiger partial charge in [-0.2, -0.15) is 4.98 Å². The standard InChI is InChI=1S/C27H37N5O2.CH4/c1-32(2)26-24-7-5-6-8-25(24)30-27(31-26)29-21-11-9-19(10-12-21)13-14-28-18-20-15-22(33-3)17-23(16-20)34-4;/h5-8,15-17,19,21,28H,9-14,18H2,1-4H3,(H,29,30,31);1H4. The highest BCUT2D eigenvalue weighted by molar-refractivity contribution is 5.90. The van der Waals surface area contributed by atoms with Crippen LogP contribution in [0.3, 0.4) is 0 Å². The van der Waals surface area contributed by atoms with Gasteiger partial charge in [-0.05, 0) is 74.4 Å². The molecule has 0 amide bonds. The van der Waals surface area contributed by atoms with E-state index in [-0.39, 0.29) is 7.43 Å². The molecule has 0 radical (unpaired) electrons. The summed E-state index contributed by atoms with van der Waals surface area (Å²) in [6.07, 6.45) is 5.99. The molecule has 1 heterocycles. The summed E-state index contributed by atoms with van der Waals surface area (Å²) >= 11 is 0. The van der Waals surface area contributed by atoms with E-state index in [1.165, 1.54) is 24.8 Å². The fourth-order valence-electron chi connectivity index (χ4n) is 4.75. The van der Waals surface area contributed by atoms with E-state index in [1.54, 1.807) is 14.2 Å². The maximum absolute atomic E-state index is 5.37. The molecule has 7 heteroatoms. The molecule has 0 spiro atoms. The number of methoxy groups -OCH3 is 2. The Bertz CT molecular complexity index is 1060. The minimum Gasteiger partial charge on any atom is -0.497 e. The number of anilines is 2. The molecule has 1 aromatic heterocycles. The predicted molar refractivity (Wildman–Crippen MR) is 146 cm³/mol. The van der Waals surface area contributed by atoms with Gasteiger partial charge >= 0.3 is 0 Å². The van der Waals surface area contributed by atoms with Gasteiger partial charge in [-0.1, -0.05) is 19.6 Å². The Balaban J connectivity index is 0.00000342. The molecule has 0 bridgehead atoms. The fourth-order valence-corrected chi connectivity index (χ4v) is 4.75. The molecule has 1 saturated carbocycles. The summed E-state index contributed by atoms with van der Waals surface area (Å²) in [5, 5.41) is 8.28. The molecule has 3 aromatic rings. The van der Waals surface area contributed by atoms with Crippen LogP contribution in [-0.4, -0.2) is 50.9 Å². The Labute approximate surface area is 210 Å². The first-order valence-corrected chi connectivity index (χ1v) is 12.2. The summed E-state index contributed by atoms with van der Waals surface area (Å²) < 4.78 is 10.7. The van der Waals surface area contributed by atoms with Gasteiger partial charge in [0.05, 0.1) is 19.7 Å². The van der Waals surface area contributed by atoms with E-state index in [2.05, 4.69) is 39.8 Å². The smallest absolute Gasteiger partial charge is 0.225 e. The lowest BCUT2D eigenvalue weighted by molar-refractivity contribution is 0.316. The van der Waals surface area contributed by atoms with Crippen molar-refractivity contribution >= 4 is 22.7 Å². The summed E-state index contributed by atoms with van der Waals surface area (Å²) in [6.45, 7) is 1.83. The van der Waals surface area contributed by atoms with E-state index in [1.807, 2.05) is 32.3 Å². The van der Waals surface area contributed by atoms with Crippen LogP contribution in [0.1, 0.15) is 45.1 Å². The molecule has 1 aliphatic rings. The van der Waals surface area contributed by atoms with Crippen LogP contribution in [0.25, 0.3) is 10.9 Å². The van der Waals surface area contributed by atoms with Crippen molar-refractivity contribution in [3.05, 3.63) is 48.0 Å². The lowest BCUT2D eigenvalue weighted by Gasteiger charge is -2.29. The highest BCUT2D eigenvalue weighted by Crippen LogP contribution is 2.30. The van der Waals surface area contributed by atoms with Crippen molar-refractivity contribution in [1.29, 1.82) is 0 Å². The average Bonchev–Trinajstić information content (AvgIpc) is 2.86. The van der Waals surface area contributed by atoms with Crippen LogP contribution in [0.5, 0.6) is 11.5 Å². The van der Waals surface area contributed by atoms with Crippen molar-refractivity contribution in [3.8, 4) is 11.5 Å². The van der Waals surface area contributed by atoms with Crippen LogP contribution in [0, 0.1) is 5.92 Å². The molecule has 0 unspecified atom stereocenters. The van der Waals surface area contributed by atoms with Gasteiger partial charge in [-0.3, -0.25) is 0 Å². The number of para-hydroxylation sites is 1. The Hall–Kier alpha value is -3.06. The molecule has 190 valence electrons. The van der Waals surface area contributed by atoms with Crippen molar-refractivity contribution < 1.29 is 9.47 Å². The third-order valence-electron chi connectivity index (χ3n) is 6.66. The number of rotatable bonds is 10. The number of nitrogens with zero attached hydrogens (tertiary/aromatic N) is 3. The van der Waals surface area contributed by atoms with Crippen molar-refractivity contribution in [2.75, 3.05) is 45.1 Å². The first kappa shape index (κ1) is 26.5. The second kappa shape index (κ2) is 12.6.